The number of fused-ring (bicyclic) bond motifs is 2. The van der Waals surface area contributed by atoms with Crippen LogP contribution in [0, 0.1) is 0 Å². The zero-order chi connectivity index (χ0) is 19.7. The molecule has 0 saturated heterocycles. The van der Waals surface area contributed by atoms with Crippen LogP contribution in [0.1, 0.15) is 30.5 Å². The Kier molecular flexibility index (Phi) is 5.88. The predicted molar refractivity (Wildman–Crippen MR) is 114 cm³/mol. The van der Waals surface area contributed by atoms with E-state index in [1.165, 1.54) is 0 Å². The molecule has 2 aromatic rings. The summed E-state index contributed by atoms with van der Waals surface area (Å²) in [6, 6.07) is 9.63. The number of hydrogen-bond acceptors (Lipinski definition) is 7. The quantitative estimate of drug-likeness (QED) is 0.608. The largest absolute Gasteiger partial charge is 0.493 e. The fourth-order valence-electron chi connectivity index (χ4n) is 3.40. The van der Waals surface area contributed by atoms with E-state index in [1.54, 1.807) is 20.4 Å². The summed E-state index contributed by atoms with van der Waals surface area (Å²) in [5, 5.41) is 4.38. The molecule has 0 spiro atoms. The first-order valence-electron chi connectivity index (χ1n) is 9.03. The van der Waals surface area contributed by atoms with Crippen molar-refractivity contribution in [2.24, 2.45) is 10.1 Å². The summed E-state index contributed by atoms with van der Waals surface area (Å²) in [7, 11) is 3.26. The molecule has 4 rings (SSSR count). The van der Waals surface area contributed by atoms with Gasteiger partial charge in [-0.3, -0.25) is 10.4 Å². The molecule has 29 heavy (non-hydrogen) atoms. The van der Waals surface area contributed by atoms with Crippen LogP contribution in [0.4, 0.5) is 0 Å². The number of nitrogens with one attached hydrogen (secondary N) is 1. The van der Waals surface area contributed by atoms with Crippen molar-refractivity contribution in [3.63, 3.8) is 0 Å². The van der Waals surface area contributed by atoms with Gasteiger partial charge in [-0.25, -0.2) is 0 Å². The molecule has 0 aromatic heterocycles. The molecule has 2 aliphatic rings. The van der Waals surface area contributed by atoms with E-state index in [2.05, 4.69) is 24.4 Å². The average molecular weight is 418 g/mol. The van der Waals surface area contributed by atoms with Crippen molar-refractivity contribution < 1.29 is 18.9 Å². The number of ether oxygens (including phenoxy) is 4. The van der Waals surface area contributed by atoms with Crippen LogP contribution in [-0.4, -0.2) is 38.6 Å². The number of nitrogens with zero attached hydrogens (tertiary/aromatic N) is 2. The summed E-state index contributed by atoms with van der Waals surface area (Å²) >= 11 is 0. The zero-order valence-electron chi connectivity index (χ0n) is 16.8. The molecule has 0 fully saturated rings. The van der Waals surface area contributed by atoms with Gasteiger partial charge in [0.15, 0.2) is 23.0 Å². The normalized spacial score (nSPS) is 15.9. The van der Waals surface area contributed by atoms with Crippen molar-refractivity contribution in [3.05, 3.63) is 47.0 Å². The SMILES string of the molecule is COc1cc2c(cc1OC)C(N/N=C/c1ccc3c(c1)OCO3)=NC(C)(C)C2.Cl. The minimum absolute atomic E-state index is 0. The Hall–Kier alpha value is -2.93. The highest BCUT2D eigenvalue weighted by atomic mass is 35.5. The summed E-state index contributed by atoms with van der Waals surface area (Å²) in [5.41, 5.74) is 5.84. The standard InChI is InChI=1S/C21H23N3O4.ClH/c1-21(2)10-14-8-17(25-3)18(26-4)9-15(14)20(23-21)24-22-11-13-5-6-16-19(7-13)28-12-27-16;/h5-9,11H,10,12H2,1-4H3,(H,23,24);1H/b22-11+;. The average Bonchev–Trinajstić information content (AvgIpc) is 3.14. The van der Waals surface area contributed by atoms with Crippen molar-refractivity contribution in [2.45, 2.75) is 25.8 Å². The first-order chi connectivity index (χ1) is 13.5. The van der Waals surface area contributed by atoms with Crippen LogP contribution >= 0.6 is 12.4 Å². The van der Waals surface area contributed by atoms with Crippen molar-refractivity contribution in [2.75, 3.05) is 21.0 Å². The fourth-order valence-corrected chi connectivity index (χ4v) is 3.40. The Bertz CT molecular complexity index is 973. The first-order valence-corrected chi connectivity index (χ1v) is 9.03. The molecule has 2 aromatic carbocycles. The molecule has 1 N–H and O–H groups in total. The Morgan fingerprint density at radius 3 is 2.55 bits per heavy atom. The van der Waals surface area contributed by atoms with Crippen molar-refractivity contribution >= 4 is 24.5 Å². The molecule has 2 aliphatic heterocycles. The van der Waals surface area contributed by atoms with Crippen LogP contribution in [0.2, 0.25) is 0 Å². The van der Waals surface area contributed by atoms with E-state index in [4.69, 9.17) is 23.9 Å². The second-order valence-electron chi connectivity index (χ2n) is 7.30. The lowest BCUT2D eigenvalue weighted by Gasteiger charge is -2.29. The van der Waals surface area contributed by atoms with E-state index in [1.807, 2.05) is 30.3 Å². The van der Waals surface area contributed by atoms with Gasteiger partial charge in [0.25, 0.3) is 0 Å². The van der Waals surface area contributed by atoms with Crippen LogP contribution in [0.5, 0.6) is 23.0 Å². The second-order valence-corrected chi connectivity index (χ2v) is 7.30. The number of halogens is 1. The summed E-state index contributed by atoms with van der Waals surface area (Å²) in [6.45, 7) is 4.44. The fraction of sp³-hybridized carbons (Fsp3) is 0.333. The summed E-state index contributed by atoms with van der Waals surface area (Å²) in [5.74, 6) is 3.54. The molecule has 154 valence electrons. The Labute approximate surface area is 176 Å². The Morgan fingerprint density at radius 1 is 1.07 bits per heavy atom. The number of benzene rings is 2. The summed E-state index contributed by atoms with van der Waals surface area (Å²) < 4.78 is 21.6. The molecule has 0 saturated carbocycles. The smallest absolute Gasteiger partial charge is 0.231 e. The monoisotopic (exact) mass is 417 g/mol. The van der Waals surface area contributed by atoms with Crippen LogP contribution in [-0.2, 0) is 6.42 Å². The number of hydrogen-bond donors (Lipinski definition) is 1. The molecular formula is C21H24ClN3O4. The van der Waals surface area contributed by atoms with Crippen molar-refractivity contribution in [1.29, 1.82) is 0 Å². The van der Waals surface area contributed by atoms with Gasteiger partial charge in [-0.15, -0.1) is 12.4 Å². The minimum Gasteiger partial charge on any atom is -0.493 e. The third-order valence-corrected chi connectivity index (χ3v) is 4.68. The van der Waals surface area contributed by atoms with Gasteiger partial charge >= 0.3 is 0 Å². The number of rotatable bonds is 4. The van der Waals surface area contributed by atoms with E-state index >= 15 is 0 Å². The minimum atomic E-state index is -0.247. The summed E-state index contributed by atoms with van der Waals surface area (Å²) in [4.78, 5) is 4.83. The van der Waals surface area contributed by atoms with E-state index in [0.717, 1.165) is 34.6 Å². The number of hydrazone groups is 1. The molecule has 0 aliphatic carbocycles. The lowest BCUT2D eigenvalue weighted by Crippen LogP contribution is -2.34. The van der Waals surface area contributed by atoms with E-state index in [-0.39, 0.29) is 24.7 Å². The maximum absolute atomic E-state index is 5.45. The topological polar surface area (TPSA) is 73.7 Å². The maximum atomic E-state index is 5.45. The highest BCUT2D eigenvalue weighted by Gasteiger charge is 2.28. The molecule has 0 amide bonds. The van der Waals surface area contributed by atoms with Gasteiger partial charge in [0.1, 0.15) is 5.84 Å². The van der Waals surface area contributed by atoms with Gasteiger partial charge in [-0.2, -0.15) is 5.10 Å². The highest BCUT2D eigenvalue weighted by molar-refractivity contribution is 6.02. The molecular weight excluding hydrogens is 394 g/mol. The Morgan fingerprint density at radius 2 is 1.79 bits per heavy atom. The Balaban J connectivity index is 0.00000240. The molecule has 0 bridgehead atoms. The van der Waals surface area contributed by atoms with Crippen LogP contribution in [0.25, 0.3) is 0 Å². The first kappa shape index (κ1) is 20.8. The lowest BCUT2D eigenvalue weighted by atomic mass is 9.88. The molecule has 2 heterocycles. The summed E-state index contributed by atoms with van der Waals surface area (Å²) in [6.07, 6.45) is 2.53. The second kappa shape index (κ2) is 8.21. The third kappa shape index (κ3) is 4.24. The third-order valence-electron chi connectivity index (χ3n) is 4.68. The highest BCUT2D eigenvalue weighted by Crippen LogP contribution is 2.35. The number of aliphatic imine (C=N–C) groups is 1. The molecule has 8 heteroatoms. The van der Waals surface area contributed by atoms with Gasteiger partial charge < -0.3 is 18.9 Å². The maximum Gasteiger partial charge on any atom is 0.231 e. The van der Waals surface area contributed by atoms with E-state index < -0.39 is 0 Å². The predicted octanol–water partition coefficient (Wildman–Crippen LogP) is 3.56. The van der Waals surface area contributed by atoms with E-state index in [9.17, 15) is 0 Å². The molecule has 0 unspecified atom stereocenters. The number of amidine groups is 1. The number of methoxy groups -OCH3 is 2. The van der Waals surface area contributed by atoms with Crippen LogP contribution < -0.4 is 24.4 Å². The van der Waals surface area contributed by atoms with E-state index in [0.29, 0.717) is 17.3 Å². The van der Waals surface area contributed by atoms with Crippen molar-refractivity contribution in [1.82, 2.24) is 5.43 Å². The van der Waals surface area contributed by atoms with Gasteiger partial charge in [-0.1, -0.05) is 0 Å². The van der Waals surface area contributed by atoms with Gasteiger partial charge in [0, 0.05) is 5.56 Å². The molecule has 0 radical (unpaired) electrons. The van der Waals surface area contributed by atoms with Crippen molar-refractivity contribution in [3.8, 4) is 23.0 Å². The van der Waals surface area contributed by atoms with Crippen LogP contribution in [0.3, 0.4) is 0 Å². The molecule has 7 nitrogen and oxygen atoms in total. The molecule has 0 atom stereocenters. The van der Waals surface area contributed by atoms with Crippen LogP contribution in [0.15, 0.2) is 40.4 Å². The van der Waals surface area contributed by atoms with Gasteiger partial charge in [0.2, 0.25) is 6.79 Å². The zero-order valence-corrected chi connectivity index (χ0v) is 17.6. The van der Waals surface area contributed by atoms with Gasteiger partial charge in [-0.05, 0) is 61.7 Å². The van der Waals surface area contributed by atoms with Gasteiger partial charge in [0.05, 0.1) is 26.0 Å². The lowest BCUT2D eigenvalue weighted by molar-refractivity contribution is 0.174.